The number of piperazine rings is 1. The number of carbonyl (C=O) groups excluding carboxylic acids is 1. The number of carbonyl (C=O) groups is 1. The van der Waals surface area contributed by atoms with Crippen LogP contribution in [0.25, 0.3) is 11.1 Å². The zero-order valence-electron chi connectivity index (χ0n) is 27.3. The highest BCUT2D eigenvalue weighted by molar-refractivity contribution is 5.96. The molecule has 0 radical (unpaired) electrons. The second-order valence-corrected chi connectivity index (χ2v) is 11.8. The van der Waals surface area contributed by atoms with Crippen molar-refractivity contribution in [3.8, 4) is 16.9 Å². The summed E-state index contributed by atoms with van der Waals surface area (Å²) in [7, 11) is 1.70. The molecule has 1 unspecified atom stereocenters. The van der Waals surface area contributed by atoms with Gasteiger partial charge in [0.2, 0.25) is 5.91 Å². The van der Waals surface area contributed by atoms with Gasteiger partial charge in [0, 0.05) is 77.4 Å². The van der Waals surface area contributed by atoms with Gasteiger partial charge in [0.15, 0.2) is 5.96 Å². The lowest BCUT2D eigenvalue weighted by molar-refractivity contribution is -0.119. The number of nitrogens with two attached hydrogens (primary N) is 1. The summed E-state index contributed by atoms with van der Waals surface area (Å²) in [5, 5.41) is 2.70. The van der Waals surface area contributed by atoms with Gasteiger partial charge in [-0.15, -0.1) is 0 Å². The fourth-order valence-corrected chi connectivity index (χ4v) is 5.62. The molecule has 1 amide bonds. The number of nitrogens with one attached hydrogen (secondary N) is 1. The molecule has 3 aromatic rings. The predicted octanol–water partition coefficient (Wildman–Crippen LogP) is 5.81. The largest absolute Gasteiger partial charge is 0.493 e. The minimum absolute atomic E-state index is 0.137. The number of aryl methyl sites for hydroxylation is 1. The average molecular weight is 614 g/mol. The van der Waals surface area contributed by atoms with Crippen LogP contribution < -0.4 is 15.8 Å². The monoisotopic (exact) mass is 613 g/mol. The second-order valence-electron chi connectivity index (χ2n) is 11.8. The van der Waals surface area contributed by atoms with Crippen LogP contribution in [-0.2, 0) is 22.5 Å². The molecule has 1 aliphatic rings. The fourth-order valence-electron chi connectivity index (χ4n) is 5.62. The molecular weight excluding hydrogens is 562 g/mol. The molecule has 1 heterocycles. The zero-order chi connectivity index (χ0) is 31.9. The van der Waals surface area contributed by atoms with E-state index in [1.54, 1.807) is 7.11 Å². The van der Waals surface area contributed by atoms with Crippen molar-refractivity contribution in [3.05, 3.63) is 89.5 Å². The molecule has 0 saturated carbocycles. The molecule has 3 aromatic carbocycles. The Kier molecular flexibility index (Phi) is 13.9. The van der Waals surface area contributed by atoms with Crippen LogP contribution >= 0.6 is 0 Å². The lowest BCUT2D eigenvalue weighted by Gasteiger charge is -2.38. The summed E-state index contributed by atoms with van der Waals surface area (Å²) >= 11 is 0. The summed E-state index contributed by atoms with van der Waals surface area (Å²) in [6, 6.07) is 26.3. The summed E-state index contributed by atoms with van der Waals surface area (Å²) in [6.45, 7) is 11.5. The molecule has 0 aromatic heterocycles. The minimum atomic E-state index is -0.137. The highest BCUT2D eigenvalue weighted by Gasteiger charge is 2.22. The summed E-state index contributed by atoms with van der Waals surface area (Å²) in [6.07, 6.45) is 3.69. The van der Waals surface area contributed by atoms with Gasteiger partial charge in [-0.1, -0.05) is 80.1 Å². The molecule has 45 heavy (non-hydrogen) atoms. The van der Waals surface area contributed by atoms with E-state index in [1.165, 1.54) is 11.1 Å². The van der Waals surface area contributed by atoms with Gasteiger partial charge in [0.25, 0.3) is 0 Å². The van der Waals surface area contributed by atoms with Crippen molar-refractivity contribution in [2.75, 3.05) is 53.0 Å². The molecule has 1 atom stereocenters. The van der Waals surface area contributed by atoms with E-state index in [4.69, 9.17) is 15.2 Å². The number of hydrogen-bond donors (Lipinski definition) is 2. The van der Waals surface area contributed by atoms with Gasteiger partial charge in [0.1, 0.15) is 5.75 Å². The number of hydrogen-bond acceptors (Lipinski definition) is 6. The van der Waals surface area contributed by atoms with Crippen LogP contribution in [0, 0.1) is 0 Å². The van der Waals surface area contributed by atoms with Crippen LogP contribution in [0.2, 0.25) is 0 Å². The third-order valence-electron chi connectivity index (χ3n) is 8.41. The zero-order valence-corrected chi connectivity index (χ0v) is 27.3. The summed E-state index contributed by atoms with van der Waals surface area (Å²) < 4.78 is 11.4. The van der Waals surface area contributed by atoms with Crippen LogP contribution in [0.3, 0.4) is 0 Å². The standard InChI is InChI=1S/C37H51N5O3/c1-4-5-20-39-37(38)40-36(43)19-15-30-14-18-34(35(27-30)45-26-9-25-44-3)33-16-12-31(13-17-33)28-41-21-23-42(24-22-41)29(2)32-10-7-6-8-11-32/h6-8,10-14,16-18,27,29H,4-5,9,15,19-26,28H2,1-3H3,(H3,38,39,40,43). The van der Waals surface area contributed by atoms with E-state index in [0.717, 1.165) is 74.4 Å². The van der Waals surface area contributed by atoms with E-state index in [-0.39, 0.29) is 11.9 Å². The Morgan fingerprint density at radius 2 is 1.69 bits per heavy atom. The first kappa shape index (κ1) is 34.2. The van der Waals surface area contributed by atoms with Crippen LogP contribution in [0.5, 0.6) is 5.75 Å². The summed E-state index contributed by atoms with van der Waals surface area (Å²) in [4.78, 5) is 21.8. The third kappa shape index (κ3) is 11.0. The van der Waals surface area contributed by atoms with Crippen molar-refractivity contribution in [3.63, 3.8) is 0 Å². The minimum Gasteiger partial charge on any atom is -0.493 e. The van der Waals surface area contributed by atoms with Crippen molar-refractivity contribution in [1.29, 1.82) is 0 Å². The lowest BCUT2D eigenvalue weighted by atomic mass is 9.99. The molecular formula is C37H51N5O3. The van der Waals surface area contributed by atoms with E-state index < -0.39 is 0 Å². The Morgan fingerprint density at radius 1 is 0.956 bits per heavy atom. The molecule has 0 spiro atoms. The molecule has 4 rings (SSSR count). The van der Waals surface area contributed by atoms with Crippen molar-refractivity contribution in [2.24, 2.45) is 10.7 Å². The van der Waals surface area contributed by atoms with E-state index in [0.29, 0.717) is 38.6 Å². The molecule has 8 heteroatoms. The number of unbranched alkanes of at least 4 members (excludes halogenated alkanes) is 1. The maximum absolute atomic E-state index is 12.4. The highest BCUT2D eigenvalue weighted by Crippen LogP contribution is 2.32. The number of ether oxygens (including phenoxy) is 2. The van der Waals surface area contributed by atoms with E-state index in [1.807, 2.05) is 0 Å². The van der Waals surface area contributed by atoms with Gasteiger partial charge in [-0.2, -0.15) is 0 Å². The predicted molar refractivity (Wildman–Crippen MR) is 183 cm³/mol. The molecule has 8 nitrogen and oxygen atoms in total. The number of amides is 1. The molecule has 1 saturated heterocycles. The van der Waals surface area contributed by atoms with Crippen molar-refractivity contribution in [1.82, 2.24) is 15.1 Å². The molecule has 3 N–H and O–H groups in total. The second kappa shape index (κ2) is 18.3. The first-order valence-corrected chi connectivity index (χ1v) is 16.4. The topological polar surface area (TPSA) is 92.4 Å². The van der Waals surface area contributed by atoms with E-state index in [9.17, 15) is 4.79 Å². The van der Waals surface area contributed by atoms with Gasteiger partial charge in [0.05, 0.1) is 6.61 Å². The first-order chi connectivity index (χ1) is 22.0. The van der Waals surface area contributed by atoms with Crippen LogP contribution in [0.4, 0.5) is 0 Å². The van der Waals surface area contributed by atoms with Gasteiger partial charge in [-0.25, -0.2) is 0 Å². The van der Waals surface area contributed by atoms with Gasteiger partial charge < -0.3 is 15.2 Å². The summed E-state index contributed by atoms with van der Waals surface area (Å²) in [5.41, 5.74) is 11.7. The molecule has 0 bridgehead atoms. The molecule has 1 aliphatic heterocycles. The fraction of sp³-hybridized carbons (Fsp3) is 0.459. The Hall–Kier alpha value is -3.72. The lowest BCUT2D eigenvalue weighted by Crippen LogP contribution is -2.46. The SMILES string of the molecule is CCCCN=C(N)NC(=O)CCc1ccc(-c2ccc(CN3CCN(C(C)c4ccccc4)CC3)cc2)c(OCCCOC)c1. The van der Waals surface area contributed by atoms with Gasteiger partial charge >= 0.3 is 0 Å². The smallest absolute Gasteiger partial charge is 0.226 e. The Labute approximate surface area is 269 Å². The maximum atomic E-state index is 12.4. The van der Waals surface area contributed by atoms with Crippen LogP contribution in [0.15, 0.2) is 77.8 Å². The number of benzene rings is 3. The van der Waals surface area contributed by atoms with Gasteiger partial charge in [-0.05, 0) is 48.1 Å². The number of aliphatic imine (C=N–C) groups is 1. The normalized spacial score (nSPS) is 15.1. The summed E-state index contributed by atoms with van der Waals surface area (Å²) in [5.74, 6) is 0.873. The maximum Gasteiger partial charge on any atom is 0.226 e. The van der Waals surface area contributed by atoms with Crippen LogP contribution in [-0.4, -0.2) is 74.7 Å². The van der Waals surface area contributed by atoms with Gasteiger partial charge in [-0.3, -0.25) is 24.9 Å². The number of methoxy groups -OCH3 is 1. The Bertz CT molecular complexity index is 1340. The van der Waals surface area contributed by atoms with Crippen LogP contribution in [0.1, 0.15) is 62.3 Å². The Balaban J connectivity index is 1.34. The Morgan fingerprint density at radius 3 is 2.40 bits per heavy atom. The van der Waals surface area contributed by atoms with Crippen molar-refractivity contribution >= 4 is 11.9 Å². The number of nitrogens with zero attached hydrogens (tertiary/aromatic N) is 3. The third-order valence-corrected chi connectivity index (χ3v) is 8.41. The molecule has 1 fully saturated rings. The van der Waals surface area contributed by atoms with Crippen molar-refractivity contribution in [2.45, 2.75) is 58.5 Å². The number of rotatable bonds is 16. The van der Waals surface area contributed by atoms with E-state index in [2.05, 4.69) is 107 Å². The average Bonchev–Trinajstić information content (AvgIpc) is 3.07. The number of guanidine groups is 1. The molecule has 0 aliphatic carbocycles. The van der Waals surface area contributed by atoms with Crippen molar-refractivity contribution < 1.29 is 14.3 Å². The highest BCUT2D eigenvalue weighted by atomic mass is 16.5. The molecule has 242 valence electrons. The van der Waals surface area contributed by atoms with E-state index >= 15 is 0 Å². The first-order valence-electron chi connectivity index (χ1n) is 16.4. The quantitative estimate of drug-likeness (QED) is 0.120.